The monoisotopic (exact) mass is 385 g/mol. The predicted octanol–water partition coefficient (Wildman–Crippen LogP) is 2.87. The second-order valence-electron chi connectivity index (χ2n) is 8.38. The SMILES string of the molecule is CNC1CCCN(C(=O)C2CCC(NC(=O)CC3CCCC3)CC2)C1.Cl. The van der Waals surface area contributed by atoms with Crippen LogP contribution in [0, 0.1) is 11.8 Å². The number of carbonyl (C=O) groups excluding carboxylic acids is 2. The lowest BCUT2D eigenvalue weighted by Crippen LogP contribution is -2.49. The molecule has 3 rings (SSSR count). The molecule has 3 aliphatic rings. The fourth-order valence-corrected chi connectivity index (χ4v) is 4.92. The third-order valence-electron chi connectivity index (χ3n) is 6.53. The summed E-state index contributed by atoms with van der Waals surface area (Å²) >= 11 is 0. The molecule has 2 saturated carbocycles. The predicted molar refractivity (Wildman–Crippen MR) is 106 cm³/mol. The molecule has 6 heteroatoms. The van der Waals surface area contributed by atoms with E-state index in [1.54, 1.807) is 0 Å². The molecule has 2 N–H and O–H groups in total. The van der Waals surface area contributed by atoms with Crippen LogP contribution < -0.4 is 10.6 Å². The van der Waals surface area contributed by atoms with Crippen molar-refractivity contribution in [3.63, 3.8) is 0 Å². The van der Waals surface area contributed by atoms with Gasteiger partial charge in [0.15, 0.2) is 0 Å². The van der Waals surface area contributed by atoms with E-state index >= 15 is 0 Å². The summed E-state index contributed by atoms with van der Waals surface area (Å²) in [5, 5.41) is 6.54. The molecular formula is C20H36ClN3O2. The van der Waals surface area contributed by atoms with Gasteiger partial charge in [0.2, 0.25) is 11.8 Å². The summed E-state index contributed by atoms with van der Waals surface area (Å²) in [5.41, 5.74) is 0. The molecule has 1 saturated heterocycles. The van der Waals surface area contributed by atoms with Crippen molar-refractivity contribution >= 4 is 24.2 Å². The van der Waals surface area contributed by atoms with Crippen LogP contribution in [0.5, 0.6) is 0 Å². The molecule has 0 bridgehead atoms. The maximum absolute atomic E-state index is 12.8. The standard InChI is InChI=1S/C20H35N3O2.ClH/c1-21-18-7-4-12-23(14-18)20(25)16-8-10-17(11-9-16)22-19(24)13-15-5-2-3-6-15;/h15-18,21H,2-14H2,1H3,(H,22,24);1H. The average molecular weight is 386 g/mol. The molecule has 1 unspecified atom stereocenters. The fourth-order valence-electron chi connectivity index (χ4n) is 4.92. The van der Waals surface area contributed by atoms with Crippen LogP contribution in [0.25, 0.3) is 0 Å². The van der Waals surface area contributed by atoms with Gasteiger partial charge in [-0.1, -0.05) is 12.8 Å². The number of nitrogens with one attached hydrogen (secondary N) is 2. The molecule has 0 radical (unpaired) electrons. The van der Waals surface area contributed by atoms with Gasteiger partial charge in [-0.2, -0.15) is 0 Å². The zero-order valence-corrected chi connectivity index (χ0v) is 17.0. The molecule has 2 amide bonds. The Kier molecular flexibility index (Phi) is 8.68. The van der Waals surface area contributed by atoms with Gasteiger partial charge in [-0.05, 0) is 64.3 Å². The van der Waals surface area contributed by atoms with Gasteiger partial charge in [0.25, 0.3) is 0 Å². The maximum Gasteiger partial charge on any atom is 0.225 e. The van der Waals surface area contributed by atoms with E-state index in [4.69, 9.17) is 0 Å². The fraction of sp³-hybridized carbons (Fsp3) is 0.900. The van der Waals surface area contributed by atoms with Crippen LogP contribution in [0.3, 0.4) is 0 Å². The Balaban J connectivity index is 0.00000243. The van der Waals surface area contributed by atoms with Crippen LogP contribution in [0.1, 0.15) is 70.6 Å². The Morgan fingerprint density at radius 1 is 0.923 bits per heavy atom. The number of likely N-dealkylation sites (tertiary alicyclic amines) is 1. The van der Waals surface area contributed by atoms with Gasteiger partial charge in [0.1, 0.15) is 0 Å². The highest BCUT2D eigenvalue weighted by atomic mass is 35.5. The first-order valence-corrected chi connectivity index (χ1v) is 10.4. The van der Waals surface area contributed by atoms with E-state index < -0.39 is 0 Å². The van der Waals surface area contributed by atoms with Crippen LogP contribution in [0.2, 0.25) is 0 Å². The lowest BCUT2D eigenvalue weighted by Gasteiger charge is -2.37. The van der Waals surface area contributed by atoms with Gasteiger partial charge < -0.3 is 15.5 Å². The number of halogens is 1. The molecule has 26 heavy (non-hydrogen) atoms. The second kappa shape index (κ2) is 10.5. The highest BCUT2D eigenvalue weighted by Crippen LogP contribution is 2.29. The first-order chi connectivity index (χ1) is 12.2. The number of carbonyl (C=O) groups is 2. The maximum atomic E-state index is 12.8. The number of amides is 2. The van der Waals surface area contributed by atoms with Crippen LogP contribution >= 0.6 is 12.4 Å². The quantitative estimate of drug-likeness (QED) is 0.764. The van der Waals surface area contributed by atoms with E-state index in [-0.39, 0.29) is 30.3 Å². The van der Waals surface area contributed by atoms with E-state index in [0.717, 1.165) is 45.2 Å². The summed E-state index contributed by atoms with van der Waals surface area (Å²) in [6.07, 6.45) is 11.7. The first-order valence-electron chi connectivity index (χ1n) is 10.4. The van der Waals surface area contributed by atoms with Crippen LogP contribution in [0.4, 0.5) is 0 Å². The van der Waals surface area contributed by atoms with Gasteiger partial charge in [-0.3, -0.25) is 9.59 Å². The molecule has 0 aromatic carbocycles. The van der Waals surface area contributed by atoms with Crippen LogP contribution in [0.15, 0.2) is 0 Å². The van der Waals surface area contributed by atoms with Gasteiger partial charge in [-0.15, -0.1) is 12.4 Å². The number of hydrogen-bond donors (Lipinski definition) is 2. The largest absolute Gasteiger partial charge is 0.353 e. The van der Waals surface area contributed by atoms with Crippen molar-refractivity contribution in [3.05, 3.63) is 0 Å². The molecular weight excluding hydrogens is 350 g/mol. The molecule has 1 heterocycles. The van der Waals surface area contributed by atoms with Crippen molar-refractivity contribution in [3.8, 4) is 0 Å². The lowest BCUT2D eigenvalue weighted by atomic mass is 9.84. The van der Waals surface area contributed by atoms with Gasteiger partial charge >= 0.3 is 0 Å². The summed E-state index contributed by atoms with van der Waals surface area (Å²) in [5.74, 6) is 1.35. The zero-order valence-electron chi connectivity index (χ0n) is 16.2. The minimum atomic E-state index is 0. The van der Waals surface area contributed by atoms with Crippen LogP contribution in [-0.4, -0.2) is 48.9 Å². The number of rotatable bonds is 5. The minimum absolute atomic E-state index is 0. The molecule has 2 aliphatic carbocycles. The van der Waals surface area contributed by atoms with Crippen molar-refractivity contribution in [1.29, 1.82) is 0 Å². The van der Waals surface area contributed by atoms with Crippen molar-refractivity contribution < 1.29 is 9.59 Å². The molecule has 0 aromatic rings. The highest BCUT2D eigenvalue weighted by Gasteiger charge is 2.32. The molecule has 0 aromatic heterocycles. The average Bonchev–Trinajstić information content (AvgIpc) is 3.14. The Labute approximate surface area is 164 Å². The van der Waals surface area contributed by atoms with E-state index in [0.29, 0.717) is 24.3 Å². The van der Waals surface area contributed by atoms with Crippen molar-refractivity contribution in [2.75, 3.05) is 20.1 Å². The third kappa shape index (κ3) is 5.85. The van der Waals surface area contributed by atoms with Gasteiger partial charge in [-0.25, -0.2) is 0 Å². The summed E-state index contributed by atoms with van der Waals surface area (Å²) in [4.78, 5) is 27.1. The Morgan fingerprint density at radius 3 is 2.27 bits per heavy atom. The highest BCUT2D eigenvalue weighted by molar-refractivity contribution is 5.85. The zero-order chi connectivity index (χ0) is 17.6. The van der Waals surface area contributed by atoms with E-state index in [1.807, 2.05) is 7.05 Å². The number of likely N-dealkylation sites (N-methyl/N-ethyl adjacent to an activating group) is 1. The Morgan fingerprint density at radius 2 is 1.62 bits per heavy atom. The molecule has 5 nitrogen and oxygen atoms in total. The van der Waals surface area contributed by atoms with Gasteiger partial charge in [0.05, 0.1) is 0 Å². The summed E-state index contributed by atoms with van der Waals surface area (Å²) in [6, 6.07) is 0.730. The smallest absolute Gasteiger partial charge is 0.225 e. The number of hydrogen-bond acceptors (Lipinski definition) is 3. The third-order valence-corrected chi connectivity index (χ3v) is 6.53. The van der Waals surface area contributed by atoms with E-state index in [2.05, 4.69) is 15.5 Å². The molecule has 1 aliphatic heterocycles. The molecule has 0 spiro atoms. The minimum Gasteiger partial charge on any atom is -0.353 e. The summed E-state index contributed by atoms with van der Waals surface area (Å²) in [7, 11) is 1.98. The molecule has 1 atom stereocenters. The second-order valence-corrected chi connectivity index (χ2v) is 8.38. The normalized spacial score (nSPS) is 29.9. The van der Waals surface area contributed by atoms with E-state index in [1.165, 1.54) is 32.1 Å². The summed E-state index contributed by atoms with van der Waals surface area (Å²) < 4.78 is 0. The van der Waals surface area contributed by atoms with Crippen molar-refractivity contribution in [1.82, 2.24) is 15.5 Å². The molecule has 150 valence electrons. The van der Waals surface area contributed by atoms with Gasteiger partial charge in [0, 0.05) is 37.5 Å². The van der Waals surface area contributed by atoms with E-state index in [9.17, 15) is 9.59 Å². The van der Waals surface area contributed by atoms with Crippen molar-refractivity contribution in [2.45, 2.75) is 82.7 Å². The van der Waals surface area contributed by atoms with Crippen LogP contribution in [-0.2, 0) is 9.59 Å². The first kappa shape index (κ1) is 21.5. The summed E-state index contributed by atoms with van der Waals surface area (Å²) in [6.45, 7) is 1.77. The Bertz CT molecular complexity index is 460. The number of piperidine rings is 1. The molecule has 3 fully saturated rings. The lowest BCUT2D eigenvalue weighted by molar-refractivity contribution is -0.138. The Hall–Kier alpha value is -0.810. The van der Waals surface area contributed by atoms with Crippen molar-refractivity contribution in [2.24, 2.45) is 11.8 Å². The topological polar surface area (TPSA) is 61.4 Å². The number of nitrogens with zero attached hydrogens (tertiary/aromatic N) is 1.